The van der Waals surface area contributed by atoms with Gasteiger partial charge in [0.15, 0.2) is 5.13 Å². The molecule has 6 heteroatoms. The fourth-order valence-corrected chi connectivity index (χ4v) is 3.11. The zero-order valence-corrected chi connectivity index (χ0v) is 12.9. The first-order valence-electron chi connectivity index (χ1n) is 5.82. The van der Waals surface area contributed by atoms with E-state index >= 15 is 0 Å². The van der Waals surface area contributed by atoms with Gasteiger partial charge in [-0.15, -0.1) is 0 Å². The Morgan fingerprint density at radius 1 is 1.25 bits per heavy atom. The highest BCUT2D eigenvalue weighted by atomic mass is 79.9. The molecule has 1 N–H and O–H groups in total. The summed E-state index contributed by atoms with van der Waals surface area (Å²) in [4.78, 5) is 4.42. The van der Waals surface area contributed by atoms with Gasteiger partial charge in [-0.3, -0.25) is 0 Å². The number of aromatic nitrogens is 1. The third kappa shape index (κ3) is 2.62. The van der Waals surface area contributed by atoms with Crippen LogP contribution in [0.4, 0.5) is 15.2 Å². The standard InChI is InChI=1S/C14H10BrFN2OS/c1-19-12-5-2-8(15)6-11(12)18-14-17-10-4-3-9(16)7-13(10)20-14/h2-7H,1H3,(H,17,18). The van der Waals surface area contributed by atoms with Crippen LogP contribution in [0, 0.1) is 5.82 Å². The number of benzene rings is 2. The first-order valence-corrected chi connectivity index (χ1v) is 7.43. The fraction of sp³-hybridized carbons (Fsp3) is 0.0714. The molecule has 20 heavy (non-hydrogen) atoms. The van der Waals surface area contributed by atoms with Crippen molar-refractivity contribution in [2.24, 2.45) is 0 Å². The Kier molecular flexibility index (Phi) is 3.58. The molecule has 0 saturated carbocycles. The van der Waals surface area contributed by atoms with Crippen LogP contribution >= 0.6 is 27.3 Å². The SMILES string of the molecule is COc1ccc(Br)cc1Nc1nc2ccc(F)cc2s1. The molecule has 0 bridgehead atoms. The van der Waals surface area contributed by atoms with Crippen molar-refractivity contribution in [1.82, 2.24) is 4.98 Å². The Hall–Kier alpha value is -1.66. The molecule has 3 nitrogen and oxygen atoms in total. The van der Waals surface area contributed by atoms with Gasteiger partial charge in [-0.1, -0.05) is 27.3 Å². The van der Waals surface area contributed by atoms with Gasteiger partial charge >= 0.3 is 0 Å². The quantitative estimate of drug-likeness (QED) is 0.723. The average Bonchev–Trinajstić information content (AvgIpc) is 2.80. The van der Waals surface area contributed by atoms with Crippen LogP contribution in [-0.2, 0) is 0 Å². The zero-order valence-electron chi connectivity index (χ0n) is 10.5. The summed E-state index contributed by atoms with van der Waals surface area (Å²) in [5.74, 6) is 0.464. The number of fused-ring (bicyclic) bond motifs is 1. The number of rotatable bonds is 3. The largest absolute Gasteiger partial charge is 0.495 e. The molecule has 0 fully saturated rings. The van der Waals surface area contributed by atoms with E-state index in [1.807, 2.05) is 18.2 Å². The minimum absolute atomic E-state index is 0.257. The van der Waals surface area contributed by atoms with E-state index < -0.39 is 0 Å². The van der Waals surface area contributed by atoms with E-state index in [-0.39, 0.29) is 5.82 Å². The third-order valence-electron chi connectivity index (χ3n) is 2.75. The third-order valence-corrected chi connectivity index (χ3v) is 4.18. The Bertz CT molecular complexity index is 775. The van der Waals surface area contributed by atoms with Crippen molar-refractivity contribution in [3.8, 4) is 5.75 Å². The van der Waals surface area contributed by atoms with Gasteiger partial charge in [-0.05, 0) is 36.4 Å². The summed E-state index contributed by atoms with van der Waals surface area (Å²) in [6, 6.07) is 10.2. The Morgan fingerprint density at radius 3 is 2.90 bits per heavy atom. The number of hydrogen-bond acceptors (Lipinski definition) is 4. The predicted molar refractivity (Wildman–Crippen MR) is 83.6 cm³/mol. The van der Waals surface area contributed by atoms with Crippen molar-refractivity contribution >= 4 is 48.3 Å². The first kappa shape index (κ1) is 13.3. The molecule has 1 aromatic heterocycles. The maximum atomic E-state index is 13.2. The maximum Gasteiger partial charge on any atom is 0.188 e. The second-order valence-electron chi connectivity index (χ2n) is 4.10. The van der Waals surface area contributed by atoms with E-state index in [0.717, 1.165) is 26.1 Å². The number of thiazole rings is 1. The topological polar surface area (TPSA) is 34.1 Å². The zero-order chi connectivity index (χ0) is 14.1. The van der Waals surface area contributed by atoms with Gasteiger partial charge in [-0.2, -0.15) is 0 Å². The van der Waals surface area contributed by atoms with Gasteiger partial charge in [0.2, 0.25) is 0 Å². The molecule has 102 valence electrons. The van der Waals surface area contributed by atoms with E-state index in [0.29, 0.717) is 5.13 Å². The Balaban J connectivity index is 1.98. The van der Waals surface area contributed by atoms with E-state index in [1.54, 1.807) is 13.2 Å². The number of ether oxygens (including phenoxy) is 1. The van der Waals surface area contributed by atoms with E-state index in [2.05, 4.69) is 26.2 Å². The van der Waals surface area contributed by atoms with Gasteiger partial charge in [0.25, 0.3) is 0 Å². The Labute approximate surface area is 127 Å². The van der Waals surface area contributed by atoms with Crippen LogP contribution in [0.3, 0.4) is 0 Å². The molecule has 0 amide bonds. The minimum Gasteiger partial charge on any atom is -0.495 e. The van der Waals surface area contributed by atoms with Crippen LogP contribution in [0.5, 0.6) is 5.75 Å². The van der Waals surface area contributed by atoms with Crippen molar-refractivity contribution in [2.75, 3.05) is 12.4 Å². The molecule has 0 atom stereocenters. The molecule has 3 rings (SSSR count). The Morgan fingerprint density at radius 2 is 2.10 bits per heavy atom. The molecule has 2 aromatic carbocycles. The average molecular weight is 353 g/mol. The van der Waals surface area contributed by atoms with Crippen molar-refractivity contribution in [2.45, 2.75) is 0 Å². The molecule has 0 saturated heterocycles. The number of nitrogens with one attached hydrogen (secondary N) is 1. The van der Waals surface area contributed by atoms with Crippen molar-refractivity contribution in [3.63, 3.8) is 0 Å². The first-order chi connectivity index (χ1) is 9.65. The van der Waals surface area contributed by atoms with Gasteiger partial charge in [-0.25, -0.2) is 9.37 Å². The summed E-state index contributed by atoms with van der Waals surface area (Å²) in [6.45, 7) is 0. The number of nitrogens with zero attached hydrogens (tertiary/aromatic N) is 1. The van der Waals surface area contributed by atoms with Crippen LogP contribution in [0.15, 0.2) is 40.9 Å². The van der Waals surface area contributed by atoms with Crippen LogP contribution in [-0.4, -0.2) is 12.1 Å². The monoisotopic (exact) mass is 352 g/mol. The second kappa shape index (κ2) is 5.38. The fourth-order valence-electron chi connectivity index (χ4n) is 1.85. The van der Waals surface area contributed by atoms with E-state index in [1.165, 1.54) is 23.5 Å². The summed E-state index contributed by atoms with van der Waals surface area (Å²) < 4.78 is 20.2. The maximum absolute atomic E-state index is 13.2. The number of hydrogen-bond donors (Lipinski definition) is 1. The van der Waals surface area contributed by atoms with Crippen LogP contribution in [0.2, 0.25) is 0 Å². The second-order valence-corrected chi connectivity index (χ2v) is 6.05. The number of methoxy groups -OCH3 is 1. The van der Waals surface area contributed by atoms with Gasteiger partial charge in [0.1, 0.15) is 11.6 Å². The molecule has 0 aliphatic heterocycles. The summed E-state index contributed by atoms with van der Waals surface area (Å²) in [7, 11) is 1.61. The molecule has 0 aliphatic rings. The smallest absolute Gasteiger partial charge is 0.188 e. The molecule has 1 heterocycles. The molecular weight excluding hydrogens is 343 g/mol. The molecule has 0 radical (unpaired) electrons. The van der Waals surface area contributed by atoms with Crippen LogP contribution < -0.4 is 10.1 Å². The van der Waals surface area contributed by atoms with E-state index in [4.69, 9.17) is 4.74 Å². The summed E-state index contributed by atoms with van der Waals surface area (Å²) in [5, 5.41) is 3.90. The molecule has 3 aromatic rings. The summed E-state index contributed by atoms with van der Waals surface area (Å²) in [6.07, 6.45) is 0. The van der Waals surface area contributed by atoms with E-state index in [9.17, 15) is 4.39 Å². The summed E-state index contributed by atoms with van der Waals surface area (Å²) in [5.41, 5.74) is 1.58. The molecule has 0 unspecified atom stereocenters. The normalized spacial score (nSPS) is 10.8. The highest BCUT2D eigenvalue weighted by Crippen LogP contribution is 2.34. The van der Waals surface area contributed by atoms with Crippen LogP contribution in [0.1, 0.15) is 0 Å². The molecule has 0 aliphatic carbocycles. The van der Waals surface area contributed by atoms with Crippen LogP contribution in [0.25, 0.3) is 10.2 Å². The highest BCUT2D eigenvalue weighted by Gasteiger charge is 2.08. The lowest BCUT2D eigenvalue weighted by Gasteiger charge is -2.09. The van der Waals surface area contributed by atoms with Crippen molar-refractivity contribution in [1.29, 1.82) is 0 Å². The lowest BCUT2D eigenvalue weighted by molar-refractivity contribution is 0.417. The number of halogens is 2. The summed E-state index contributed by atoms with van der Waals surface area (Å²) >= 11 is 4.82. The number of anilines is 2. The molecule has 0 spiro atoms. The lowest BCUT2D eigenvalue weighted by Crippen LogP contribution is -1.93. The van der Waals surface area contributed by atoms with Gasteiger partial charge < -0.3 is 10.1 Å². The lowest BCUT2D eigenvalue weighted by atomic mass is 10.3. The van der Waals surface area contributed by atoms with Gasteiger partial charge in [0, 0.05) is 4.47 Å². The van der Waals surface area contributed by atoms with Crippen molar-refractivity contribution in [3.05, 3.63) is 46.7 Å². The molecular formula is C14H10BrFN2OS. The van der Waals surface area contributed by atoms with Crippen molar-refractivity contribution < 1.29 is 9.13 Å². The van der Waals surface area contributed by atoms with Gasteiger partial charge in [0.05, 0.1) is 23.0 Å². The highest BCUT2D eigenvalue weighted by molar-refractivity contribution is 9.10. The predicted octanol–water partition coefficient (Wildman–Crippen LogP) is 4.95. The minimum atomic E-state index is -0.257.